The van der Waals surface area contributed by atoms with Crippen molar-refractivity contribution in [1.82, 2.24) is 0 Å². The molecule has 2 aromatic carbocycles. The molecule has 8 nitrogen and oxygen atoms in total. The summed E-state index contributed by atoms with van der Waals surface area (Å²) in [6.45, 7) is 1.85. The number of rotatable bonds is 9. The summed E-state index contributed by atoms with van der Waals surface area (Å²) in [6, 6.07) is 11.8. The van der Waals surface area contributed by atoms with Gasteiger partial charge in [-0.2, -0.15) is 0 Å². The van der Waals surface area contributed by atoms with Crippen LogP contribution in [0.4, 0.5) is 0 Å². The summed E-state index contributed by atoms with van der Waals surface area (Å²) in [5.41, 5.74) is 1.32. The lowest BCUT2D eigenvalue weighted by Crippen LogP contribution is -2.13. The van der Waals surface area contributed by atoms with E-state index in [1.54, 1.807) is 6.92 Å². The van der Waals surface area contributed by atoms with E-state index in [-0.39, 0.29) is 25.4 Å². The molecule has 1 atom stereocenters. The van der Waals surface area contributed by atoms with Crippen molar-refractivity contribution in [3.63, 3.8) is 0 Å². The molecular formula is C20H22O8. The van der Waals surface area contributed by atoms with E-state index in [1.807, 2.05) is 0 Å². The number of carbonyl (C=O) groups is 2. The van der Waals surface area contributed by atoms with E-state index in [0.717, 1.165) is 0 Å². The van der Waals surface area contributed by atoms with E-state index in [4.69, 9.17) is 24.4 Å². The van der Waals surface area contributed by atoms with Gasteiger partial charge in [-0.05, 0) is 31.2 Å². The number of esters is 2. The smallest absolute Gasteiger partial charge is 0.338 e. The lowest BCUT2D eigenvalue weighted by molar-refractivity contribution is -0.111. The van der Waals surface area contributed by atoms with Crippen LogP contribution in [0.25, 0.3) is 0 Å². The number of carbonyl (C=O) groups excluding carboxylic acids is 2. The third-order valence-electron chi connectivity index (χ3n) is 3.74. The average Bonchev–Trinajstić information content (AvgIpc) is 2.71. The summed E-state index contributed by atoms with van der Waals surface area (Å²) in [6.07, 6.45) is -2.83. The van der Waals surface area contributed by atoms with Gasteiger partial charge in [0.05, 0.1) is 24.3 Å². The number of aliphatic hydroxyl groups is 3. The molecule has 150 valence electrons. The van der Waals surface area contributed by atoms with Crippen molar-refractivity contribution >= 4 is 11.9 Å². The van der Waals surface area contributed by atoms with Gasteiger partial charge in [-0.25, -0.2) is 9.59 Å². The molecule has 0 heterocycles. The minimum atomic E-state index is -1.59. The first-order valence-electron chi connectivity index (χ1n) is 8.62. The Morgan fingerprint density at radius 2 is 1.29 bits per heavy atom. The topological polar surface area (TPSA) is 123 Å². The minimum absolute atomic E-state index is 0.0435. The van der Waals surface area contributed by atoms with Gasteiger partial charge in [0.25, 0.3) is 0 Å². The molecule has 0 aromatic heterocycles. The van der Waals surface area contributed by atoms with Crippen molar-refractivity contribution in [3.05, 3.63) is 70.8 Å². The molecule has 2 aromatic rings. The number of aliphatic hydroxyl groups excluding tert-OH is 2. The van der Waals surface area contributed by atoms with Gasteiger partial charge in [-0.1, -0.05) is 24.3 Å². The van der Waals surface area contributed by atoms with Crippen molar-refractivity contribution in [2.24, 2.45) is 0 Å². The van der Waals surface area contributed by atoms with Crippen LogP contribution in [0, 0.1) is 0 Å². The third kappa shape index (κ3) is 6.14. The monoisotopic (exact) mass is 390 g/mol. The van der Waals surface area contributed by atoms with Crippen molar-refractivity contribution in [2.45, 2.75) is 19.5 Å². The summed E-state index contributed by atoms with van der Waals surface area (Å²) in [7, 11) is 0. The second-order valence-electron chi connectivity index (χ2n) is 5.70. The average molecular weight is 390 g/mol. The van der Waals surface area contributed by atoms with Crippen molar-refractivity contribution in [1.29, 1.82) is 0 Å². The fourth-order valence-electron chi connectivity index (χ4n) is 2.26. The summed E-state index contributed by atoms with van der Waals surface area (Å²) in [5, 5.41) is 28.0. The van der Waals surface area contributed by atoms with Gasteiger partial charge in [0.2, 0.25) is 0 Å². The molecule has 2 rings (SSSR count). The molecule has 28 heavy (non-hydrogen) atoms. The first-order valence-corrected chi connectivity index (χ1v) is 8.62. The van der Waals surface area contributed by atoms with Gasteiger partial charge in [-0.3, -0.25) is 0 Å². The Labute approximate surface area is 161 Å². The van der Waals surface area contributed by atoms with Crippen molar-refractivity contribution in [3.8, 4) is 0 Å². The molecular weight excluding hydrogens is 368 g/mol. The fourth-order valence-corrected chi connectivity index (χ4v) is 2.26. The highest BCUT2D eigenvalue weighted by molar-refractivity contribution is 5.93. The lowest BCUT2D eigenvalue weighted by Gasteiger charge is -2.13. The summed E-state index contributed by atoms with van der Waals surface area (Å²) < 4.78 is 15.1. The molecule has 0 aliphatic heterocycles. The Morgan fingerprint density at radius 3 is 1.79 bits per heavy atom. The predicted octanol–water partition coefficient (Wildman–Crippen LogP) is 1.71. The maximum atomic E-state index is 12.0. The third-order valence-corrected chi connectivity index (χ3v) is 3.74. The Morgan fingerprint density at radius 1 is 0.786 bits per heavy atom. The quantitative estimate of drug-likeness (QED) is 0.336. The normalized spacial score (nSPS) is 11.9. The zero-order chi connectivity index (χ0) is 20.5. The minimum Gasteiger partial charge on any atom is -0.462 e. The van der Waals surface area contributed by atoms with Gasteiger partial charge in [0.15, 0.2) is 12.6 Å². The second kappa shape index (κ2) is 10.5. The van der Waals surface area contributed by atoms with Crippen molar-refractivity contribution < 1.29 is 39.1 Å². The van der Waals surface area contributed by atoms with E-state index in [2.05, 4.69) is 0 Å². The van der Waals surface area contributed by atoms with E-state index in [1.165, 1.54) is 48.5 Å². The first-order chi connectivity index (χ1) is 13.4. The van der Waals surface area contributed by atoms with Crippen LogP contribution < -0.4 is 0 Å². The largest absolute Gasteiger partial charge is 0.462 e. The molecule has 0 saturated heterocycles. The Bertz CT molecular complexity index is 768. The molecule has 0 saturated carbocycles. The molecule has 8 heteroatoms. The van der Waals surface area contributed by atoms with Crippen LogP contribution in [0.3, 0.4) is 0 Å². The molecule has 0 aliphatic rings. The van der Waals surface area contributed by atoms with Gasteiger partial charge in [0.1, 0.15) is 6.61 Å². The van der Waals surface area contributed by atoms with E-state index >= 15 is 0 Å². The van der Waals surface area contributed by atoms with Gasteiger partial charge in [0, 0.05) is 11.1 Å². The second-order valence-corrected chi connectivity index (χ2v) is 5.70. The Balaban J connectivity index is 1.76. The van der Waals surface area contributed by atoms with Crippen LogP contribution in [-0.4, -0.2) is 47.1 Å². The van der Waals surface area contributed by atoms with Gasteiger partial charge < -0.3 is 29.5 Å². The maximum Gasteiger partial charge on any atom is 0.338 e. The molecule has 0 amide bonds. The van der Waals surface area contributed by atoms with Gasteiger partial charge >= 0.3 is 11.9 Å². The zero-order valence-electron chi connectivity index (χ0n) is 15.3. The van der Waals surface area contributed by atoms with Crippen LogP contribution in [0.15, 0.2) is 48.5 Å². The molecule has 0 bridgehead atoms. The van der Waals surface area contributed by atoms with Gasteiger partial charge in [-0.15, -0.1) is 0 Å². The highest BCUT2D eigenvalue weighted by Gasteiger charge is 2.12. The summed E-state index contributed by atoms with van der Waals surface area (Å²) >= 11 is 0. The maximum absolute atomic E-state index is 12.0. The molecule has 0 fully saturated rings. The summed E-state index contributed by atoms with van der Waals surface area (Å²) in [4.78, 5) is 23.5. The van der Waals surface area contributed by atoms with Crippen molar-refractivity contribution in [2.75, 3.05) is 19.8 Å². The lowest BCUT2D eigenvalue weighted by atomic mass is 10.1. The van der Waals surface area contributed by atoms with Crippen LogP contribution in [-0.2, 0) is 14.2 Å². The number of ether oxygens (including phenoxy) is 3. The van der Waals surface area contributed by atoms with Crippen LogP contribution in [0.5, 0.6) is 0 Å². The molecule has 0 radical (unpaired) electrons. The fraction of sp³-hybridized carbons (Fsp3) is 0.300. The molecule has 3 N–H and O–H groups in total. The van der Waals surface area contributed by atoms with Crippen LogP contribution in [0.1, 0.15) is 51.3 Å². The van der Waals surface area contributed by atoms with Crippen LogP contribution in [0.2, 0.25) is 0 Å². The Hall–Kier alpha value is -2.78. The first kappa shape index (κ1) is 21.5. The number of benzene rings is 2. The van der Waals surface area contributed by atoms with E-state index < -0.39 is 24.5 Å². The van der Waals surface area contributed by atoms with E-state index in [9.17, 15) is 14.7 Å². The summed E-state index contributed by atoms with van der Waals surface area (Å²) in [5.74, 6) is -1.05. The molecule has 0 spiro atoms. The van der Waals surface area contributed by atoms with E-state index in [0.29, 0.717) is 16.7 Å². The predicted molar refractivity (Wildman–Crippen MR) is 97.2 cm³/mol. The molecule has 1 unspecified atom stereocenters. The Kier molecular flexibility index (Phi) is 8.09. The standard InChI is InChI=1S/C20H22O8/c1-2-26-18(23)14-7-9-16(10-8-14)20(25)28-12-11-27-19(24)15-5-3-13(4-6-15)17(21)22/h3-10,17,19,21-22,24H,2,11-12H2,1H3. The molecule has 0 aliphatic carbocycles. The SMILES string of the molecule is CCOC(=O)c1ccc(C(=O)OCCOC(O)c2ccc(C(O)O)cc2)cc1. The van der Waals surface area contributed by atoms with Crippen LogP contribution >= 0.6 is 0 Å². The number of hydrogen-bond acceptors (Lipinski definition) is 8. The highest BCUT2D eigenvalue weighted by atomic mass is 16.6. The highest BCUT2D eigenvalue weighted by Crippen LogP contribution is 2.17. The zero-order valence-corrected chi connectivity index (χ0v) is 15.3. The number of hydrogen-bond donors (Lipinski definition) is 3.